The van der Waals surface area contributed by atoms with Gasteiger partial charge in [0.05, 0.1) is 6.61 Å². The Morgan fingerprint density at radius 2 is 2.40 bits per heavy atom. The predicted octanol–water partition coefficient (Wildman–Crippen LogP) is -1.91. The fraction of sp³-hybridized carbons (Fsp3) is 0.500. The van der Waals surface area contributed by atoms with Crippen LogP contribution in [0, 0.1) is 12.3 Å². The first kappa shape index (κ1) is 14.5. The van der Waals surface area contributed by atoms with E-state index in [0.29, 0.717) is 0 Å². The summed E-state index contributed by atoms with van der Waals surface area (Å²) in [6, 6.07) is 1.40. The van der Waals surface area contributed by atoms with Gasteiger partial charge in [0.1, 0.15) is 30.7 Å². The maximum absolute atomic E-state index is 11.7. The van der Waals surface area contributed by atoms with Gasteiger partial charge in [-0.25, -0.2) is 4.79 Å². The van der Waals surface area contributed by atoms with Gasteiger partial charge < -0.3 is 25.4 Å². The van der Waals surface area contributed by atoms with Crippen molar-refractivity contribution in [2.75, 3.05) is 18.9 Å². The molecule has 0 aliphatic carbocycles. The lowest BCUT2D eigenvalue weighted by Gasteiger charge is -2.19. The fourth-order valence-electron chi connectivity index (χ4n) is 2.07. The Morgan fingerprint density at radius 1 is 1.65 bits per heavy atom. The molecular formula is C12H15N3O5. The molecule has 0 amide bonds. The van der Waals surface area contributed by atoms with Crippen LogP contribution in [0.5, 0.6) is 0 Å². The number of aliphatic hydroxyl groups excluding tert-OH is 2. The van der Waals surface area contributed by atoms with Gasteiger partial charge in [-0.15, -0.1) is 6.42 Å². The van der Waals surface area contributed by atoms with Gasteiger partial charge in [0.2, 0.25) is 0 Å². The van der Waals surface area contributed by atoms with Gasteiger partial charge in [-0.3, -0.25) is 4.57 Å². The number of ether oxygens (including phenoxy) is 2. The minimum absolute atomic E-state index is 0.0385. The van der Waals surface area contributed by atoms with Gasteiger partial charge in [-0.2, -0.15) is 4.98 Å². The quantitative estimate of drug-likeness (QED) is 0.551. The average molecular weight is 281 g/mol. The summed E-state index contributed by atoms with van der Waals surface area (Å²) in [6.07, 6.45) is 2.65. The zero-order valence-electron chi connectivity index (χ0n) is 10.5. The molecule has 8 heteroatoms. The van der Waals surface area contributed by atoms with E-state index >= 15 is 0 Å². The monoisotopic (exact) mass is 281 g/mol. The van der Waals surface area contributed by atoms with Crippen LogP contribution in [0.2, 0.25) is 0 Å². The summed E-state index contributed by atoms with van der Waals surface area (Å²) in [7, 11) is 0. The highest BCUT2D eigenvalue weighted by Gasteiger charge is 2.45. The van der Waals surface area contributed by atoms with Crippen LogP contribution in [-0.2, 0) is 9.47 Å². The van der Waals surface area contributed by atoms with Crippen molar-refractivity contribution < 1.29 is 19.7 Å². The topological polar surface area (TPSA) is 120 Å². The molecule has 1 aromatic heterocycles. The number of aromatic nitrogens is 2. The third-order valence-corrected chi connectivity index (χ3v) is 2.97. The largest absolute Gasteiger partial charge is 0.394 e. The Balaban J connectivity index is 2.25. The van der Waals surface area contributed by atoms with Crippen molar-refractivity contribution in [3.05, 3.63) is 22.7 Å². The SMILES string of the molecule is C#CCO[C@H]1[C@@H](O)[C@H](n2ccc(N)nc2=O)O[C@@H]1CO. The van der Waals surface area contributed by atoms with Gasteiger partial charge in [0.25, 0.3) is 0 Å². The van der Waals surface area contributed by atoms with Crippen LogP contribution in [0.3, 0.4) is 0 Å². The van der Waals surface area contributed by atoms with Gasteiger partial charge in [-0.05, 0) is 6.07 Å². The first-order valence-corrected chi connectivity index (χ1v) is 5.92. The smallest absolute Gasteiger partial charge is 0.351 e. The molecule has 4 N–H and O–H groups in total. The molecule has 0 saturated carbocycles. The molecule has 0 bridgehead atoms. The third kappa shape index (κ3) is 2.66. The lowest BCUT2D eigenvalue weighted by atomic mass is 10.1. The summed E-state index contributed by atoms with van der Waals surface area (Å²) in [4.78, 5) is 15.3. The van der Waals surface area contributed by atoms with Crippen LogP contribution in [0.4, 0.5) is 5.82 Å². The zero-order valence-corrected chi connectivity index (χ0v) is 10.5. The van der Waals surface area contributed by atoms with E-state index in [4.69, 9.17) is 21.6 Å². The Hall–Kier alpha value is -1.92. The summed E-state index contributed by atoms with van der Waals surface area (Å²) in [5.74, 6) is 2.33. The normalized spacial score (nSPS) is 29.2. The molecule has 20 heavy (non-hydrogen) atoms. The highest BCUT2D eigenvalue weighted by atomic mass is 16.6. The number of nitrogen functional groups attached to an aromatic ring is 1. The highest BCUT2D eigenvalue weighted by molar-refractivity contribution is 5.23. The van der Waals surface area contributed by atoms with Gasteiger partial charge in [-0.1, -0.05) is 5.92 Å². The number of terminal acetylenes is 1. The molecule has 0 unspecified atom stereocenters. The molecule has 2 rings (SSSR count). The molecule has 8 nitrogen and oxygen atoms in total. The third-order valence-electron chi connectivity index (χ3n) is 2.97. The minimum Gasteiger partial charge on any atom is -0.394 e. The number of hydrogen-bond donors (Lipinski definition) is 3. The van der Waals surface area contributed by atoms with Crippen LogP contribution < -0.4 is 11.4 Å². The molecule has 4 atom stereocenters. The van der Waals surface area contributed by atoms with E-state index < -0.39 is 30.2 Å². The standard InChI is InChI=1S/C12H15N3O5/c1-2-5-19-10-7(6-16)20-11(9(10)17)15-4-3-8(13)14-12(15)18/h1,3-4,7,9-11,16-17H,5-6H2,(H2,13,14,18)/t7-,9-,10-,11-/m1/s1. The van der Waals surface area contributed by atoms with Crippen LogP contribution in [0.1, 0.15) is 6.23 Å². The second kappa shape index (κ2) is 6.02. The maximum Gasteiger partial charge on any atom is 0.351 e. The van der Waals surface area contributed by atoms with Crippen LogP contribution >= 0.6 is 0 Å². The molecular weight excluding hydrogens is 266 g/mol. The Labute approximate surface area is 114 Å². The number of hydrogen-bond acceptors (Lipinski definition) is 7. The lowest BCUT2D eigenvalue weighted by molar-refractivity contribution is -0.0587. The summed E-state index contributed by atoms with van der Waals surface area (Å²) in [6.45, 7) is -0.414. The van der Waals surface area contributed by atoms with Gasteiger partial charge in [0, 0.05) is 6.20 Å². The summed E-state index contributed by atoms with van der Waals surface area (Å²) >= 11 is 0. The molecule has 1 fully saturated rings. The lowest BCUT2D eigenvalue weighted by Crippen LogP contribution is -2.38. The highest BCUT2D eigenvalue weighted by Crippen LogP contribution is 2.30. The summed E-state index contributed by atoms with van der Waals surface area (Å²) < 4.78 is 11.8. The molecule has 2 heterocycles. The van der Waals surface area contributed by atoms with Crippen molar-refractivity contribution in [1.82, 2.24) is 9.55 Å². The minimum atomic E-state index is -1.16. The van der Waals surface area contributed by atoms with E-state index in [2.05, 4.69) is 10.9 Å². The van der Waals surface area contributed by atoms with E-state index in [1.165, 1.54) is 12.3 Å². The fourth-order valence-corrected chi connectivity index (χ4v) is 2.07. The van der Waals surface area contributed by atoms with Crippen LogP contribution in [0.15, 0.2) is 17.1 Å². The second-order valence-electron chi connectivity index (χ2n) is 4.26. The number of aliphatic hydroxyl groups is 2. The van der Waals surface area contributed by atoms with E-state index in [9.17, 15) is 15.0 Å². The predicted molar refractivity (Wildman–Crippen MR) is 68.5 cm³/mol. The van der Waals surface area contributed by atoms with Crippen molar-refractivity contribution in [2.24, 2.45) is 0 Å². The Bertz CT molecular complexity index is 567. The average Bonchev–Trinajstić information content (AvgIpc) is 2.73. The number of rotatable bonds is 4. The molecule has 1 aliphatic rings. The summed E-state index contributed by atoms with van der Waals surface area (Å²) in [5.41, 5.74) is 4.73. The molecule has 0 spiro atoms. The van der Waals surface area contributed by atoms with E-state index in [1.54, 1.807) is 0 Å². The Kier molecular flexibility index (Phi) is 4.36. The number of nitrogens with two attached hydrogens (primary N) is 1. The number of nitrogens with zero attached hydrogens (tertiary/aromatic N) is 2. The van der Waals surface area contributed by atoms with Gasteiger partial charge >= 0.3 is 5.69 Å². The molecule has 0 radical (unpaired) electrons. The van der Waals surface area contributed by atoms with E-state index in [-0.39, 0.29) is 19.0 Å². The molecule has 1 aromatic rings. The van der Waals surface area contributed by atoms with Gasteiger partial charge in [0.15, 0.2) is 6.23 Å². The van der Waals surface area contributed by atoms with Crippen LogP contribution in [0.25, 0.3) is 0 Å². The second-order valence-corrected chi connectivity index (χ2v) is 4.26. The maximum atomic E-state index is 11.7. The van der Waals surface area contributed by atoms with Crippen molar-refractivity contribution in [3.63, 3.8) is 0 Å². The molecule has 1 saturated heterocycles. The Morgan fingerprint density at radius 3 is 3.00 bits per heavy atom. The van der Waals surface area contributed by atoms with Crippen molar-refractivity contribution in [1.29, 1.82) is 0 Å². The first-order chi connectivity index (χ1) is 9.58. The van der Waals surface area contributed by atoms with E-state index in [0.717, 1.165) is 4.57 Å². The van der Waals surface area contributed by atoms with Crippen molar-refractivity contribution in [2.45, 2.75) is 24.5 Å². The van der Waals surface area contributed by atoms with Crippen molar-refractivity contribution >= 4 is 5.82 Å². The molecule has 1 aliphatic heterocycles. The summed E-state index contributed by atoms with van der Waals surface area (Å²) in [5, 5.41) is 19.4. The molecule has 108 valence electrons. The zero-order chi connectivity index (χ0) is 14.7. The van der Waals surface area contributed by atoms with Crippen molar-refractivity contribution in [3.8, 4) is 12.3 Å². The first-order valence-electron chi connectivity index (χ1n) is 5.92. The molecule has 0 aromatic carbocycles. The van der Waals surface area contributed by atoms with E-state index in [1.807, 2.05) is 0 Å². The number of anilines is 1. The van der Waals surface area contributed by atoms with Crippen LogP contribution in [-0.4, -0.2) is 51.3 Å².